The van der Waals surface area contributed by atoms with Gasteiger partial charge >= 0.3 is 0 Å². The Morgan fingerprint density at radius 1 is 1.59 bits per heavy atom. The van der Waals surface area contributed by atoms with Crippen molar-refractivity contribution >= 4 is 10.1 Å². The zero-order chi connectivity index (χ0) is 12.5. The predicted octanol–water partition coefficient (Wildman–Crippen LogP) is 0.323. The van der Waals surface area contributed by atoms with E-state index in [1.807, 2.05) is 6.92 Å². The summed E-state index contributed by atoms with van der Waals surface area (Å²) in [5.74, 6) is -0.152. The topological polar surface area (TPSA) is 92.2 Å². The first kappa shape index (κ1) is 12.4. The molecule has 0 aliphatic carbocycles. The lowest BCUT2D eigenvalue weighted by Gasteiger charge is -2.18. The van der Waals surface area contributed by atoms with Gasteiger partial charge in [0.2, 0.25) is 0 Å². The van der Waals surface area contributed by atoms with Crippen LogP contribution in [-0.4, -0.2) is 36.3 Å². The third kappa shape index (κ3) is 2.80. The average Bonchev–Trinajstić information content (AvgIpc) is 2.69. The summed E-state index contributed by atoms with van der Waals surface area (Å²) in [5, 5.41) is 9.68. The van der Waals surface area contributed by atoms with Crippen LogP contribution in [0.15, 0.2) is 12.3 Å². The fourth-order valence-electron chi connectivity index (χ4n) is 2.20. The molecule has 0 saturated carbocycles. The Bertz CT molecular complexity index is 497. The molecule has 1 aliphatic rings. The molecule has 1 saturated heterocycles. The molecule has 0 aromatic carbocycles. The van der Waals surface area contributed by atoms with E-state index in [2.05, 4.69) is 15.5 Å². The molecule has 0 bridgehead atoms. The molecule has 6 nitrogen and oxygen atoms in total. The summed E-state index contributed by atoms with van der Waals surface area (Å²) in [5.41, 5.74) is 1.15. The van der Waals surface area contributed by atoms with E-state index in [-0.39, 0.29) is 5.92 Å². The summed E-state index contributed by atoms with van der Waals surface area (Å²) in [6, 6.07) is 1.66. The van der Waals surface area contributed by atoms with Gasteiger partial charge in [-0.3, -0.25) is 4.55 Å². The van der Waals surface area contributed by atoms with Gasteiger partial charge in [-0.2, -0.15) is 18.6 Å². The second-order valence-corrected chi connectivity index (χ2v) is 5.88. The van der Waals surface area contributed by atoms with Crippen LogP contribution in [0.2, 0.25) is 0 Å². The number of nitrogens with one attached hydrogen (secondary N) is 1. The highest BCUT2D eigenvalue weighted by Gasteiger charge is 2.36. The Balaban J connectivity index is 2.40. The third-order valence-corrected chi connectivity index (χ3v) is 4.22. The molecule has 2 N–H and O–H groups in total. The number of hydrogen-bond donors (Lipinski definition) is 2. The van der Waals surface area contributed by atoms with Crippen LogP contribution in [-0.2, 0) is 10.1 Å². The predicted molar refractivity (Wildman–Crippen MR) is 62.0 cm³/mol. The molecule has 0 radical (unpaired) electrons. The van der Waals surface area contributed by atoms with Gasteiger partial charge in [-0.1, -0.05) is 0 Å². The summed E-state index contributed by atoms with van der Waals surface area (Å²) < 4.78 is 32.3. The number of nitrogens with zero attached hydrogens (tertiary/aromatic N) is 2. The monoisotopic (exact) mass is 257 g/mol. The Hall–Kier alpha value is -1.05. The van der Waals surface area contributed by atoms with E-state index >= 15 is 0 Å². The molecule has 1 aliphatic heterocycles. The van der Waals surface area contributed by atoms with E-state index in [4.69, 9.17) is 0 Å². The quantitative estimate of drug-likeness (QED) is 0.758. The van der Waals surface area contributed by atoms with Gasteiger partial charge < -0.3 is 5.32 Å². The van der Waals surface area contributed by atoms with Crippen molar-refractivity contribution in [3.63, 3.8) is 0 Å². The highest BCUT2D eigenvalue weighted by molar-refractivity contribution is 7.86. The molecule has 1 fully saturated rings. The van der Waals surface area contributed by atoms with Gasteiger partial charge in [0, 0.05) is 0 Å². The van der Waals surface area contributed by atoms with Gasteiger partial charge in [-0.15, -0.1) is 0 Å². The number of hydrogen-bond acceptors (Lipinski definition) is 5. The Kier molecular flexibility index (Phi) is 3.41. The van der Waals surface area contributed by atoms with Crippen molar-refractivity contribution in [2.24, 2.45) is 5.92 Å². The van der Waals surface area contributed by atoms with Crippen LogP contribution in [0.1, 0.15) is 22.9 Å². The van der Waals surface area contributed by atoms with E-state index in [0.29, 0.717) is 18.7 Å². The summed E-state index contributed by atoms with van der Waals surface area (Å²) in [6.45, 7) is 3.14. The largest absolute Gasteiger partial charge is 0.316 e. The maximum Gasteiger partial charge on any atom is 0.273 e. The second kappa shape index (κ2) is 4.67. The lowest BCUT2D eigenvalue weighted by atomic mass is 10.0. The molecule has 0 amide bonds. The number of rotatable bonds is 3. The van der Waals surface area contributed by atoms with Crippen LogP contribution in [0.3, 0.4) is 0 Å². The first-order chi connectivity index (χ1) is 7.98. The highest BCUT2D eigenvalue weighted by Crippen LogP contribution is 2.32. The van der Waals surface area contributed by atoms with Crippen LogP contribution < -0.4 is 5.32 Å². The van der Waals surface area contributed by atoms with Gasteiger partial charge in [0.15, 0.2) is 0 Å². The number of aryl methyl sites for hydroxylation is 1. The summed E-state index contributed by atoms with van der Waals surface area (Å²) >= 11 is 0. The van der Waals surface area contributed by atoms with Crippen molar-refractivity contribution in [3.05, 3.63) is 23.5 Å². The van der Waals surface area contributed by atoms with Crippen LogP contribution in [0.4, 0.5) is 0 Å². The molecular formula is C10H15N3O3S. The lowest BCUT2D eigenvalue weighted by molar-refractivity contribution is 0.430. The third-order valence-electron chi connectivity index (χ3n) is 2.95. The summed E-state index contributed by atoms with van der Waals surface area (Å²) in [7, 11) is -4.16. The van der Waals surface area contributed by atoms with E-state index < -0.39 is 15.4 Å². The standard InChI is InChI=1S/C10H15N3O3S/c1-7-4-9(13-12-5-7)10(17(14,15)16)8-2-3-11-6-8/h4-5,8,10-11H,2-3,6H2,1H3,(H,14,15,16)/t8?,10-/m1/s1. The van der Waals surface area contributed by atoms with Gasteiger partial charge in [0.25, 0.3) is 10.1 Å². The smallest absolute Gasteiger partial charge is 0.273 e. The molecule has 17 heavy (non-hydrogen) atoms. The average molecular weight is 257 g/mol. The summed E-state index contributed by atoms with van der Waals surface area (Å²) in [6.07, 6.45) is 2.26. The lowest BCUT2D eigenvalue weighted by Crippen LogP contribution is -2.24. The van der Waals surface area contributed by atoms with Crippen molar-refractivity contribution in [2.45, 2.75) is 18.6 Å². The van der Waals surface area contributed by atoms with Gasteiger partial charge in [0.1, 0.15) is 5.25 Å². The van der Waals surface area contributed by atoms with Crippen LogP contribution in [0.5, 0.6) is 0 Å². The Labute approximate surface area is 100 Å². The second-order valence-electron chi connectivity index (χ2n) is 4.35. The van der Waals surface area contributed by atoms with Crippen LogP contribution in [0.25, 0.3) is 0 Å². The first-order valence-corrected chi connectivity index (χ1v) is 6.95. The molecule has 1 unspecified atom stereocenters. The Morgan fingerprint density at radius 3 is 2.88 bits per heavy atom. The molecule has 94 valence electrons. The van der Waals surface area contributed by atoms with E-state index in [0.717, 1.165) is 12.1 Å². The molecule has 0 spiro atoms. The minimum atomic E-state index is -4.16. The normalized spacial score (nSPS) is 22.6. The van der Waals surface area contributed by atoms with E-state index in [1.165, 1.54) is 0 Å². The molecule has 2 heterocycles. The minimum Gasteiger partial charge on any atom is -0.316 e. The van der Waals surface area contributed by atoms with Gasteiger partial charge in [-0.05, 0) is 44.0 Å². The Morgan fingerprint density at radius 2 is 2.35 bits per heavy atom. The first-order valence-electron chi connectivity index (χ1n) is 5.45. The fourth-order valence-corrected chi connectivity index (χ4v) is 3.34. The minimum absolute atomic E-state index is 0.152. The zero-order valence-electron chi connectivity index (χ0n) is 9.50. The molecule has 2 rings (SSSR count). The molecule has 1 aromatic heterocycles. The van der Waals surface area contributed by atoms with Crippen molar-refractivity contribution in [1.29, 1.82) is 0 Å². The maximum absolute atomic E-state index is 11.5. The molecular weight excluding hydrogens is 242 g/mol. The molecule has 2 atom stereocenters. The van der Waals surface area contributed by atoms with Crippen molar-refractivity contribution in [1.82, 2.24) is 15.5 Å². The molecule has 1 aromatic rings. The van der Waals surface area contributed by atoms with Crippen LogP contribution in [0, 0.1) is 12.8 Å². The van der Waals surface area contributed by atoms with Gasteiger partial charge in [0.05, 0.1) is 11.9 Å². The van der Waals surface area contributed by atoms with Crippen LogP contribution >= 0.6 is 0 Å². The fraction of sp³-hybridized carbons (Fsp3) is 0.600. The van der Waals surface area contributed by atoms with E-state index in [9.17, 15) is 13.0 Å². The van der Waals surface area contributed by atoms with Crippen molar-refractivity contribution < 1.29 is 13.0 Å². The van der Waals surface area contributed by atoms with E-state index in [1.54, 1.807) is 12.3 Å². The number of aromatic nitrogens is 2. The SMILES string of the molecule is Cc1cnnc([C@@H](C2CCNC2)S(=O)(=O)O)c1. The van der Waals surface area contributed by atoms with Gasteiger partial charge in [-0.25, -0.2) is 0 Å². The summed E-state index contributed by atoms with van der Waals surface area (Å²) in [4.78, 5) is 0. The van der Waals surface area contributed by atoms with Crippen molar-refractivity contribution in [3.8, 4) is 0 Å². The highest BCUT2D eigenvalue weighted by atomic mass is 32.2. The zero-order valence-corrected chi connectivity index (χ0v) is 10.3. The maximum atomic E-state index is 11.5. The molecule has 7 heteroatoms. The van der Waals surface area contributed by atoms with Crippen molar-refractivity contribution in [2.75, 3.05) is 13.1 Å².